The third kappa shape index (κ3) is 4.87. The van der Waals surface area contributed by atoms with Gasteiger partial charge in [-0.05, 0) is 18.2 Å². The van der Waals surface area contributed by atoms with Crippen molar-refractivity contribution in [2.45, 2.75) is 6.92 Å². The number of amides is 2. The van der Waals surface area contributed by atoms with E-state index in [1.54, 1.807) is 37.2 Å². The fraction of sp³-hybridized carbons (Fsp3) is 0.438. The number of carbonyl (C=O) groups is 3. The van der Waals surface area contributed by atoms with Crippen LogP contribution in [-0.2, 0) is 9.53 Å². The minimum absolute atomic E-state index is 0.0821. The molecule has 8 heteroatoms. The smallest absolute Gasteiger partial charge is 0.337 e. The number of ether oxygens (including phenoxy) is 1. The Kier molecular flexibility index (Phi) is 6.58. The van der Waals surface area contributed by atoms with Crippen LogP contribution in [0.25, 0.3) is 0 Å². The predicted molar refractivity (Wildman–Crippen MR) is 90.6 cm³/mol. The van der Waals surface area contributed by atoms with E-state index in [9.17, 15) is 14.4 Å². The summed E-state index contributed by atoms with van der Waals surface area (Å²) in [5.74, 6) is -2.11. The molecule has 0 aromatic heterocycles. The molecule has 2 amide bonds. The van der Waals surface area contributed by atoms with Crippen molar-refractivity contribution in [3.8, 4) is 0 Å². The Balaban J connectivity index is 2.95. The molecule has 0 saturated heterocycles. The maximum atomic E-state index is 12.2. The first-order valence-corrected chi connectivity index (χ1v) is 7.32. The fourth-order valence-corrected chi connectivity index (χ4v) is 2.03. The lowest BCUT2D eigenvalue weighted by Crippen LogP contribution is -2.36. The van der Waals surface area contributed by atoms with Crippen molar-refractivity contribution >= 4 is 29.3 Å². The van der Waals surface area contributed by atoms with E-state index < -0.39 is 23.9 Å². The van der Waals surface area contributed by atoms with Crippen LogP contribution < -0.4 is 10.2 Å². The summed E-state index contributed by atoms with van der Waals surface area (Å²) in [6.07, 6.45) is 0. The van der Waals surface area contributed by atoms with Crippen molar-refractivity contribution in [2.24, 2.45) is 5.92 Å². The van der Waals surface area contributed by atoms with Crippen LogP contribution in [0.4, 0.5) is 16.2 Å². The Bertz CT molecular complexity index is 630. The topological polar surface area (TPSA) is 99.2 Å². The van der Waals surface area contributed by atoms with E-state index in [-0.39, 0.29) is 6.54 Å². The van der Waals surface area contributed by atoms with E-state index in [0.29, 0.717) is 16.9 Å². The van der Waals surface area contributed by atoms with Crippen molar-refractivity contribution in [1.29, 1.82) is 0 Å². The number of methoxy groups -OCH3 is 1. The lowest BCUT2D eigenvalue weighted by atomic mass is 10.1. The van der Waals surface area contributed by atoms with Gasteiger partial charge in [0.1, 0.15) is 0 Å². The highest BCUT2D eigenvalue weighted by Gasteiger charge is 2.19. The van der Waals surface area contributed by atoms with Gasteiger partial charge < -0.3 is 25.0 Å². The number of carboxylic acids is 1. The van der Waals surface area contributed by atoms with Crippen molar-refractivity contribution in [3.05, 3.63) is 23.8 Å². The number of benzene rings is 1. The fourth-order valence-electron chi connectivity index (χ4n) is 2.03. The van der Waals surface area contributed by atoms with Crippen LogP contribution in [0.5, 0.6) is 0 Å². The van der Waals surface area contributed by atoms with Gasteiger partial charge in [-0.1, -0.05) is 6.92 Å². The third-order valence-electron chi connectivity index (χ3n) is 3.46. The minimum Gasteiger partial charge on any atom is -0.481 e. The first-order valence-electron chi connectivity index (χ1n) is 7.32. The quantitative estimate of drug-likeness (QED) is 0.767. The zero-order valence-corrected chi connectivity index (χ0v) is 14.5. The van der Waals surface area contributed by atoms with E-state index >= 15 is 0 Å². The highest BCUT2D eigenvalue weighted by molar-refractivity contribution is 5.96. The number of rotatable bonds is 6. The van der Waals surface area contributed by atoms with Gasteiger partial charge in [-0.25, -0.2) is 9.59 Å². The molecule has 0 bridgehead atoms. The molecule has 0 aliphatic heterocycles. The summed E-state index contributed by atoms with van der Waals surface area (Å²) in [5, 5.41) is 11.6. The van der Waals surface area contributed by atoms with Gasteiger partial charge >= 0.3 is 18.0 Å². The molecular weight excluding hydrogens is 314 g/mol. The molecule has 24 heavy (non-hydrogen) atoms. The molecule has 2 N–H and O–H groups in total. The average Bonchev–Trinajstić information content (AvgIpc) is 2.53. The van der Waals surface area contributed by atoms with Crippen LogP contribution in [0.1, 0.15) is 17.3 Å². The lowest BCUT2D eigenvalue weighted by molar-refractivity contribution is -0.141. The van der Waals surface area contributed by atoms with Gasteiger partial charge in [0, 0.05) is 27.7 Å². The molecule has 0 saturated carbocycles. The normalized spacial score (nSPS) is 11.4. The van der Waals surface area contributed by atoms with Gasteiger partial charge in [0.2, 0.25) is 0 Å². The zero-order valence-electron chi connectivity index (χ0n) is 14.5. The van der Waals surface area contributed by atoms with E-state index in [2.05, 4.69) is 10.1 Å². The average molecular weight is 337 g/mol. The minimum atomic E-state index is -0.967. The number of carbonyl (C=O) groups excluding carboxylic acids is 2. The summed E-state index contributed by atoms with van der Waals surface area (Å²) in [4.78, 5) is 37.8. The zero-order chi connectivity index (χ0) is 18.4. The highest BCUT2D eigenvalue weighted by Crippen LogP contribution is 2.26. The van der Waals surface area contributed by atoms with Gasteiger partial charge in [0.15, 0.2) is 0 Å². The van der Waals surface area contributed by atoms with Crippen molar-refractivity contribution < 1.29 is 24.2 Å². The number of urea groups is 1. The van der Waals surface area contributed by atoms with Crippen molar-refractivity contribution in [1.82, 2.24) is 4.90 Å². The molecule has 1 aromatic carbocycles. The number of aliphatic carboxylic acids is 1. The van der Waals surface area contributed by atoms with E-state index in [1.807, 2.05) is 0 Å². The molecule has 1 atom stereocenters. The number of hydrogen-bond acceptors (Lipinski definition) is 5. The lowest BCUT2D eigenvalue weighted by Gasteiger charge is -2.23. The van der Waals surface area contributed by atoms with Crippen LogP contribution in [-0.4, -0.2) is 62.8 Å². The second kappa shape index (κ2) is 8.19. The molecule has 0 radical (unpaired) electrons. The summed E-state index contributed by atoms with van der Waals surface area (Å²) in [5.41, 5.74) is 1.51. The Morgan fingerprint density at radius 2 is 1.88 bits per heavy atom. The molecule has 1 unspecified atom stereocenters. The molecule has 132 valence electrons. The number of hydrogen-bond donors (Lipinski definition) is 2. The van der Waals surface area contributed by atoms with Gasteiger partial charge in [-0.2, -0.15) is 0 Å². The van der Waals surface area contributed by atoms with E-state index in [4.69, 9.17) is 5.11 Å². The Morgan fingerprint density at radius 1 is 1.25 bits per heavy atom. The predicted octanol–water partition coefficient (Wildman–Crippen LogP) is 1.72. The standard InChI is InChI=1S/C16H23N3O5/c1-10(14(20)21)9-19(4)16(23)17-12-7-6-11(15(22)24-5)8-13(12)18(2)3/h6-8,10H,9H2,1-5H3,(H,17,23)(H,20,21). The van der Waals surface area contributed by atoms with Gasteiger partial charge in [-0.3, -0.25) is 4.79 Å². The number of anilines is 2. The van der Waals surface area contributed by atoms with Gasteiger partial charge in [0.25, 0.3) is 0 Å². The second-order valence-corrected chi connectivity index (χ2v) is 5.67. The summed E-state index contributed by atoms with van der Waals surface area (Å²) >= 11 is 0. The first kappa shape index (κ1) is 19.3. The molecule has 0 fully saturated rings. The summed E-state index contributed by atoms with van der Waals surface area (Å²) in [7, 11) is 6.38. The molecule has 0 aliphatic carbocycles. The monoisotopic (exact) mass is 337 g/mol. The first-order chi connectivity index (χ1) is 11.2. The number of nitrogens with one attached hydrogen (secondary N) is 1. The third-order valence-corrected chi connectivity index (χ3v) is 3.46. The van der Waals surface area contributed by atoms with Gasteiger partial charge in [0.05, 0.1) is 30.0 Å². The molecule has 0 aliphatic rings. The molecular formula is C16H23N3O5. The molecule has 8 nitrogen and oxygen atoms in total. The number of carboxylic acid groups (broad SMARTS) is 1. The van der Waals surface area contributed by atoms with Crippen LogP contribution in [0, 0.1) is 5.92 Å². The summed E-state index contributed by atoms with van der Waals surface area (Å²) in [6.45, 7) is 1.61. The van der Waals surface area contributed by atoms with E-state index in [0.717, 1.165) is 0 Å². The van der Waals surface area contributed by atoms with Crippen LogP contribution >= 0.6 is 0 Å². The Hall–Kier alpha value is -2.77. The molecule has 1 rings (SSSR count). The highest BCUT2D eigenvalue weighted by atomic mass is 16.5. The van der Waals surface area contributed by atoms with Crippen LogP contribution in [0.15, 0.2) is 18.2 Å². The van der Waals surface area contributed by atoms with Crippen molar-refractivity contribution in [2.75, 3.05) is 45.0 Å². The largest absolute Gasteiger partial charge is 0.481 e. The molecule has 0 heterocycles. The second-order valence-electron chi connectivity index (χ2n) is 5.67. The summed E-state index contributed by atoms with van der Waals surface area (Å²) in [6, 6.07) is 4.33. The van der Waals surface area contributed by atoms with Crippen LogP contribution in [0.2, 0.25) is 0 Å². The molecule has 1 aromatic rings. The Labute approximate surface area is 141 Å². The number of nitrogens with zero attached hydrogens (tertiary/aromatic N) is 2. The number of esters is 1. The summed E-state index contributed by atoms with van der Waals surface area (Å²) < 4.78 is 4.69. The SMILES string of the molecule is COC(=O)c1ccc(NC(=O)N(C)CC(C)C(=O)O)c(N(C)C)c1. The maximum Gasteiger partial charge on any atom is 0.337 e. The Morgan fingerprint density at radius 3 is 2.38 bits per heavy atom. The van der Waals surface area contributed by atoms with Gasteiger partial charge in [-0.15, -0.1) is 0 Å². The van der Waals surface area contributed by atoms with E-state index in [1.165, 1.54) is 26.0 Å². The van der Waals surface area contributed by atoms with Crippen molar-refractivity contribution in [3.63, 3.8) is 0 Å². The maximum absolute atomic E-state index is 12.2. The van der Waals surface area contributed by atoms with Crippen LogP contribution in [0.3, 0.4) is 0 Å². The molecule has 0 spiro atoms.